The maximum atomic E-state index is 14.2. The largest absolute Gasteiger partial charge is 0.505 e. The number of carbonyl (C=O) groups excluding carboxylic acids is 1. The van der Waals surface area contributed by atoms with Crippen molar-refractivity contribution < 1.29 is 23.4 Å². The smallest absolute Gasteiger partial charge is 0.165 e. The molecule has 0 saturated carbocycles. The monoisotopic (exact) mass is 364 g/mol. The lowest BCUT2D eigenvalue weighted by Gasteiger charge is -2.22. The zero-order valence-corrected chi connectivity index (χ0v) is 14.3. The van der Waals surface area contributed by atoms with E-state index in [0.29, 0.717) is 33.2 Å². The summed E-state index contributed by atoms with van der Waals surface area (Å²) in [4.78, 5) is 11.0. The highest BCUT2D eigenvalue weighted by Crippen LogP contribution is 2.39. The van der Waals surface area contributed by atoms with Gasteiger partial charge >= 0.3 is 0 Å². The normalized spacial score (nSPS) is 12.2. The third-order valence-corrected chi connectivity index (χ3v) is 4.61. The molecule has 134 valence electrons. The molecular weight excluding hydrogens is 350 g/mol. The second-order valence-corrected chi connectivity index (χ2v) is 6.41. The number of rotatable bonds is 2. The van der Waals surface area contributed by atoms with Gasteiger partial charge in [0.15, 0.2) is 11.6 Å². The van der Waals surface area contributed by atoms with Crippen molar-refractivity contribution in [2.75, 3.05) is 0 Å². The topological polar surface area (TPSA) is 46.5 Å². The van der Waals surface area contributed by atoms with Crippen molar-refractivity contribution >= 4 is 18.4 Å². The summed E-state index contributed by atoms with van der Waals surface area (Å²) in [5.74, 6) is -1.26. The summed E-state index contributed by atoms with van der Waals surface area (Å²) in [6, 6.07) is 10.2. The van der Waals surface area contributed by atoms with E-state index in [0.717, 1.165) is 17.9 Å². The van der Waals surface area contributed by atoms with Gasteiger partial charge in [-0.25, -0.2) is 8.78 Å². The second kappa shape index (κ2) is 6.06. The van der Waals surface area contributed by atoms with Crippen LogP contribution in [-0.4, -0.2) is 11.4 Å². The van der Waals surface area contributed by atoms with Gasteiger partial charge < -0.3 is 9.84 Å². The average Bonchev–Trinajstić information content (AvgIpc) is 2.63. The number of halogens is 2. The van der Waals surface area contributed by atoms with Crippen molar-refractivity contribution in [3.63, 3.8) is 0 Å². The number of benzene rings is 3. The Morgan fingerprint density at radius 3 is 2.48 bits per heavy atom. The van der Waals surface area contributed by atoms with Crippen LogP contribution in [0.25, 0.3) is 12.2 Å². The van der Waals surface area contributed by atoms with Crippen LogP contribution >= 0.6 is 0 Å². The molecule has 0 unspecified atom stereocenters. The molecule has 0 spiro atoms. The first kappa shape index (κ1) is 17.0. The fourth-order valence-corrected chi connectivity index (χ4v) is 3.29. The first-order chi connectivity index (χ1) is 12.9. The third-order valence-electron chi connectivity index (χ3n) is 4.61. The van der Waals surface area contributed by atoms with Crippen molar-refractivity contribution in [1.29, 1.82) is 0 Å². The molecule has 1 N–H and O–H groups in total. The minimum absolute atomic E-state index is 0.163. The molecule has 0 saturated heterocycles. The van der Waals surface area contributed by atoms with Gasteiger partial charge in [0.05, 0.1) is 0 Å². The number of hydrogen-bond donors (Lipinski definition) is 1. The first-order valence-corrected chi connectivity index (χ1v) is 8.19. The predicted molar refractivity (Wildman–Crippen MR) is 97.5 cm³/mol. The predicted octanol–water partition coefficient (Wildman–Crippen LogP) is 3.55. The van der Waals surface area contributed by atoms with Crippen LogP contribution in [0.1, 0.15) is 27.0 Å². The van der Waals surface area contributed by atoms with Crippen LogP contribution in [0.5, 0.6) is 17.2 Å². The molecule has 0 fully saturated rings. The van der Waals surface area contributed by atoms with Crippen molar-refractivity contribution in [3.05, 3.63) is 86.8 Å². The zero-order valence-electron chi connectivity index (χ0n) is 14.3. The Labute approximate surface area is 153 Å². The summed E-state index contributed by atoms with van der Waals surface area (Å²) in [7, 11) is 0. The van der Waals surface area contributed by atoms with Crippen molar-refractivity contribution in [3.8, 4) is 17.2 Å². The molecule has 3 aromatic carbocycles. The Morgan fingerprint density at radius 2 is 1.78 bits per heavy atom. The summed E-state index contributed by atoms with van der Waals surface area (Å²) in [6.45, 7) is 5.45. The fourth-order valence-electron chi connectivity index (χ4n) is 3.29. The quantitative estimate of drug-likeness (QED) is 0.554. The molecule has 0 bridgehead atoms. The summed E-state index contributed by atoms with van der Waals surface area (Å²) >= 11 is 0. The maximum Gasteiger partial charge on any atom is 0.165 e. The van der Waals surface area contributed by atoms with Gasteiger partial charge in [-0.2, -0.15) is 0 Å². The van der Waals surface area contributed by atoms with Crippen molar-refractivity contribution in [2.24, 2.45) is 0 Å². The van der Waals surface area contributed by atoms with Gasteiger partial charge in [-0.05, 0) is 42.3 Å². The minimum atomic E-state index is -0.810. The standard InChI is InChI=1S/C22H14F2O3/c1-11-5-13(10-25)3-4-14(11)22-15-7-17(23)12(2)6-20(15)27-21-9-19(26)18(24)8-16(21)22/h3-10,26H,2H2,1H3. The molecule has 3 aromatic rings. The number of carbonyl (C=O) groups is 1. The average molecular weight is 364 g/mol. The molecular formula is C22H14F2O3. The molecule has 1 heterocycles. The Balaban J connectivity index is 2.16. The third kappa shape index (κ3) is 2.68. The van der Waals surface area contributed by atoms with E-state index in [4.69, 9.17) is 4.74 Å². The van der Waals surface area contributed by atoms with E-state index >= 15 is 0 Å². The highest BCUT2D eigenvalue weighted by Gasteiger charge is 2.24. The Hall–Kier alpha value is -3.47. The molecule has 4 rings (SSSR count). The molecule has 1 aliphatic rings. The lowest BCUT2D eigenvalue weighted by atomic mass is 9.89. The molecule has 0 amide bonds. The van der Waals surface area contributed by atoms with Crippen LogP contribution < -0.4 is 15.2 Å². The van der Waals surface area contributed by atoms with Gasteiger partial charge in [-0.15, -0.1) is 0 Å². The molecule has 3 nitrogen and oxygen atoms in total. The Bertz CT molecular complexity index is 1230. The van der Waals surface area contributed by atoms with Crippen LogP contribution in [0.3, 0.4) is 0 Å². The molecule has 0 atom stereocenters. The number of phenols is 1. The van der Waals surface area contributed by atoms with E-state index in [-0.39, 0.29) is 11.0 Å². The Kier molecular flexibility index (Phi) is 3.81. The van der Waals surface area contributed by atoms with Gasteiger partial charge in [-0.3, -0.25) is 4.79 Å². The van der Waals surface area contributed by atoms with Gasteiger partial charge in [0.1, 0.15) is 23.6 Å². The van der Waals surface area contributed by atoms with Crippen LogP contribution in [0.4, 0.5) is 8.78 Å². The zero-order chi connectivity index (χ0) is 19.3. The summed E-state index contributed by atoms with van der Waals surface area (Å²) in [5, 5.41) is 10.3. The highest BCUT2D eigenvalue weighted by atomic mass is 19.1. The lowest BCUT2D eigenvalue weighted by Crippen LogP contribution is -2.22. The van der Waals surface area contributed by atoms with Crippen molar-refractivity contribution in [1.82, 2.24) is 0 Å². The summed E-state index contributed by atoms with van der Waals surface area (Å²) < 4.78 is 34.1. The van der Waals surface area contributed by atoms with E-state index in [9.17, 15) is 18.7 Å². The van der Waals surface area contributed by atoms with Gasteiger partial charge in [0.25, 0.3) is 0 Å². The minimum Gasteiger partial charge on any atom is -0.505 e. The molecule has 1 aliphatic heterocycles. The van der Waals surface area contributed by atoms with Crippen molar-refractivity contribution in [2.45, 2.75) is 6.92 Å². The number of aldehydes is 1. The lowest BCUT2D eigenvalue weighted by molar-refractivity contribution is 0.112. The highest BCUT2D eigenvalue weighted by molar-refractivity contribution is 5.88. The number of phenolic OH excluding ortho intramolecular Hbond substituents is 1. The van der Waals surface area contributed by atoms with Crippen LogP contribution in [-0.2, 0) is 0 Å². The Morgan fingerprint density at radius 1 is 1.00 bits per heavy atom. The number of hydrogen-bond acceptors (Lipinski definition) is 3. The van der Waals surface area contributed by atoms with Gasteiger partial charge in [-0.1, -0.05) is 18.7 Å². The van der Waals surface area contributed by atoms with Gasteiger partial charge in [0, 0.05) is 33.2 Å². The summed E-state index contributed by atoms with van der Waals surface area (Å²) in [6.07, 6.45) is 0.736. The number of aromatic hydroxyl groups is 1. The van der Waals surface area contributed by atoms with E-state index < -0.39 is 17.4 Å². The number of aryl methyl sites for hydroxylation is 1. The fraction of sp³-hybridized carbons (Fsp3) is 0.0455. The molecule has 5 heteroatoms. The second-order valence-electron chi connectivity index (χ2n) is 6.41. The van der Waals surface area contributed by atoms with E-state index in [1.165, 1.54) is 18.2 Å². The van der Waals surface area contributed by atoms with Crippen LogP contribution in [0.15, 0.2) is 42.5 Å². The van der Waals surface area contributed by atoms with E-state index in [2.05, 4.69) is 6.58 Å². The number of fused-ring (bicyclic) bond motifs is 2. The first-order valence-electron chi connectivity index (χ1n) is 8.19. The maximum absolute atomic E-state index is 14.2. The molecule has 0 aliphatic carbocycles. The number of ether oxygens (including phenoxy) is 1. The molecule has 0 aromatic heterocycles. The van der Waals surface area contributed by atoms with E-state index in [1.54, 1.807) is 18.2 Å². The van der Waals surface area contributed by atoms with Crippen LogP contribution in [0.2, 0.25) is 0 Å². The van der Waals surface area contributed by atoms with Crippen LogP contribution in [0, 0.1) is 18.6 Å². The SMILES string of the molecule is C=c1cc2c(cc1F)=C(c1ccc(C=O)cc1C)c1cc(F)c(O)cc1O2. The molecule has 27 heavy (non-hydrogen) atoms. The molecule has 0 radical (unpaired) electrons. The van der Waals surface area contributed by atoms with Gasteiger partial charge in [0.2, 0.25) is 0 Å². The van der Waals surface area contributed by atoms with E-state index in [1.807, 2.05) is 6.92 Å². The summed E-state index contributed by atoms with van der Waals surface area (Å²) in [5.41, 5.74) is 2.91.